The number of nitrogens with one attached hydrogen (secondary N) is 1. The fourth-order valence-electron chi connectivity index (χ4n) is 2.84. The van der Waals surface area contributed by atoms with Crippen molar-refractivity contribution in [3.63, 3.8) is 0 Å². The number of carbonyl (C=O) groups excluding carboxylic acids is 1. The first kappa shape index (κ1) is 16.5. The Kier molecular flexibility index (Phi) is 4.85. The molecule has 124 valence electrons. The molecule has 1 amide bonds. The van der Waals surface area contributed by atoms with Gasteiger partial charge in [-0.3, -0.25) is 4.79 Å². The third kappa shape index (κ3) is 3.43. The Hall–Kier alpha value is -2.34. The number of aromatic nitrogens is 1. The summed E-state index contributed by atoms with van der Waals surface area (Å²) in [4.78, 5) is 27.4. The van der Waals surface area contributed by atoms with Crippen molar-refractivity contribution in [3.05, 3.63) is 64.5 Å². The summed E-state index contributed by atoms with van der Waals surface area (Å²) >= 11 is 1.84. The van der Waals surface area contributed by atoms with Crippen LogP contribution in [0.1, 0.15) is 42.9 Å². The molecule has 0 fully saturated rings. The van der Waals surface area contributed by atoms with E-state index in [0.717, 1.165) is 12.2 Å². The highest BCUT2D eigenvalue weighted by molar-refractivity contribution is 7.99. The van der Waals surface area contributed by atoms with Crippen molar-refractivity contribution in [2.24, 2.45) is 0 Å². The molecule has 0 saturated carbocycles. The number of benzene rings is 1. The van der Waals surface area contributed by atoms with E-state index < -0.39 is 5.97 Å². The van der Waals surface area contributed by atoms with Crippen molar-refractivity contribution in [2.75, 3.05) is 12.3 Å². The lowest BCUT2D eigenvalue weighted by Gasteiger charge is -2.25. The number of aromatic carboxylic acids is 1. The van der Waals surface area contributed by atoms with Crippen LogP contribution in [0, 0.1) is 6.92 Å². The summed E-state index contributed by atoms with van der Waals surface area (Å²) in [5.74, 6) is -0.275. The van der Waals surface area contributed by atoms with Crippen molar-refractivity contribution in [1.29, 1.82) is 0 Å². The number of amides is 1. The van der Waals surface area contributed by atoms with E-state index in [0.29, 0.717) is 12.2 Å². The quantitative estimate of drug-likeness (QED) is 0.893. The largest absolute Gasteiger partial charge is 0.478 e. The van der Waals surface area contributed by atoms with Crippen LogP contribution in [0.2, 0.25) is 0 Å². The maximum atomic E-state index is 12.3. The number of thioether (sulfide) groups is 1. The molecule has 0 radical (unpaired) electrons. The standard InChI is InChI=1S/C18H18N2O3S/c1-11-13(18(22)23)6-7-15(20-11)17(21)19-10-16-14-5-3-2-4-12(14)8-9-24-16/h2-7,16H,8-10H2,1H3,(H,19,21)(H,22,23). The first-order valence-electron chi connectivity index (χ1n) is 7.75. The Morgan fingerprint density at radius 1 is 1.29 bits per heavy atom. The number of hydrogen-bond acceptors (Lipinski definition) is 4. The molecule has 24 heavy (non-hydrogen) atoms. The highest BCUT2D eigenvalue weighted by atomic mass is 32.2. The van der Waals surface area contributed by atoms with Gasteiger partial charge in [0.1, 0.15) is 5.69 Å². The fraction of sp³-hybridized carbons (Fsp3) is 0.278. The molecule has 2 aromatic rings. The van der Waals surface area contributed by atoms with Gasteiger partial charge in [-0.1, -0.05) is 24.3 Å². The van der Waals surface area contributed by atoms with Crippen LogP contribution >= 0.6 is 11.8 Å². The molecule has 1 aromatic heterocycles. The van der Waals surface area contributed by atoms with Crippen LogP contribution in [0.15, 0.2) is 36.4 Å². The van der Waals surface area contributed by atoms with Gasteiger partial charge >= 0.3 is 5.97 Å². The minimum atomic E-state index is -1.04. The number of nitrogens with zero attached hydrogens (tertiary/aromatic N) is 1. The lowest BCUT2D eigenvalue weighted by Crippen LogP contribution is -2.29. The third-order valence-corrected chi connectivity index (χ3v) is 5.35. The van der Waals surface area contributed by atoms with E-state index in [1.54, 1.807) is 6.92 Å². The molecule has 0 spiro atoms. The van der Waals surface area contributed by atoms with E-state index in [1.807, 2.05) is 23.9 Å². The van der Waals surface area contributed by atoms with E-state index in [-0.39, 0.29) is 22.4 Å². The summed E-state index contributed by atoms with van der Waals surface area (Å²) in [6.45, 7) is 2.12. The third-order valence-electron chi connectivity index (χ3n) is 4.09. The molecular formula is C18H18N2O3S. The van der Waals surface area contributed by atoms with Crippen molar-refractivity contribution in [2.45, 2.75) is 18.6 Å². The molecule has 1 unspecified atom stereocenters. The zero-order valence-corrected chi connectivity index (χ0v) is 14.1. The molecular weight excluding hydrogens is 324 g/mol. The van der Waals surface area contributed by atoms with Crippen LogP contribution in [0.25, 0.3) is 0 Å². The van der Waals surface area contributed by atoms with Crippen LogP contribution in [0.5, 0.6) is 0 Å². The Morgan fingerprint density at radius 3 is 2.83 bits per heavy atom. The molecule has 0 aliphatic carbocycles. The van der Waals surface area contributed by atoms with E-state index in [2.05, 4.69) is 22.4 Å². The summed E-state index contributed by atoms with van der Waals surface area (Å²) in [7, 11) is 0. The molecule has 1 aliphatic rings. The SMILES string of the molecule is Cc1nc(C(=O)NCC2SCCc3ccccc32)ccc1C(=O)O. The number of aryl methyl sites for hydroxylation is 2. The van der Waals surface area contributed by atoms with Gasteiger partial charge in [0.25, 0.3) is 5.91 Å². The van der Waals surface area contributed by atoms with Gasteiger partial charge in [-0.25, -0.2) is 9.78 Å². The van der Waals surface area contributed by atoms with Gasteiger partial charge in [0, 0.05) is 11.8 Å². The van der Waals surface area contributed by atoms with E-state index in [4.69, 9.17) is 5.11 Å². The normalized spacial score (nSPS) is 16.3. The molecule has 6 heteroatoms. The maximum Gasteiger partial charge on any atom is 0.337 e. The van der Waals surface area contributed by atoms with Gasteiger partial charge in [-0.05, 0) is 42.4 Å². The molecule has 1 atom stereocenters. The number of hydrogen-bond donors (Lipinski definition) is 2. The monoisotopic (exact) mass is 342 g/mol. The van der Waals surface area contributed by atoms with Gasteiger partial charge in [0.15, 0.2) is 0 Å². The molecule has 3 rings (SSSR count). The fourth-order valence-corrected chi connectivity index (χ4v) is 4.07. The second-order valence-electron chi connectivity index (χ2n) is 5.65. The molecule has 0 saturated heterocycles. The van der Waals surface area contributed by atoms with Crippen LogP contribution < -0.4 is 5.32 Å². The predicted octanol–water partition coefficient (Wildman–Crippen LogP) is 2.85. The molecule has 2 heterocycles. The number of carboxylic acids is 1. The van der Waals surface area contributed by atoms with Crippen LogP contribution in [0.3, 0.4) is 0 Å². The maximum absolute atomic E-state index is 12.3. The van der Waals surface area contributed by atoms with Gasteiger partial charge in [0.2, 0.25) is 0 Å². The minimum Gasteiger partial charge on any atom is -0.478 e. The van der Waals surface area contributed by atoms with Gasteiger partial charge in [-0.15, -0.1) is 0 Å². The highest BCUT2D eigenvalue weighted by Crippen LogP contribution is 2.35. The molecule has 1 aromatic carbocycles. The lowest BCUT2D eigenvalue weighted by molar-refractivity contribution is 0.0694. The van der Waals surface area contributed by atoms with Crippen molar-refractivity contribution in [1.82, 2.24) is 10.3 Å². The Labute approximate surface area is 144 Å². The minimum absolute atomic E-state index is 0.114. The molecule has 2 N–H and O–H groups in total. The first-order valence-corrected chi connectivity index (χ1v) is 8.79. The summed E-state index contributed by atoms with van der Waals surface area (Å²) in [6, 6.07) is 11.2. The molecule has 0 bridgehead atoms. The van der Waals surface area contributed by atoms with Crippen molar-refractivity contribution < 1.29 is 14.7 Å². The zero-order chi connectivity index (χ0) is 17.1. The highest BCUT2D eigenvalue weighted by Gasteiger charge is 2.21. The first-order chi connectivity index (χ1) is 11.6. The van der Waals surface area contributed by atoms with E-state index in [1.165, 1.54) is 23.3 Å². The summed E-state index contributed by atoms with van der Waals surface area (Å²) in [5, 5.41) is 12.2. The average Bonchev–Trinajstić information content (AvgIpc) is 2.59. The molecule has 5 nitrogen and oxygen atoms in total. The zero-order valence-electron chi connectivity index (χ0n) is 13.3. The lowest BCUT2D eigenvalue weighted by atomic mass is 10.0. The van der Waals surface area contributed by atoms with Crippen LogP contribution in [-0.4, -0.2) is 34.3 Å². The van der Waals surface area contributed by atoms with Gasteiger partial charge in [-0.2, -0.15) is 11.8 Å². The number of carbonyl (C=O) groups is 2. The molecule has 1 aliphatic heterocycles. The smallest absolute Gasteiger partial charge is 0.337 e. The van der Waals surface area contributed by atoms with Crippen molar-refractivity contribution in [3.8, 4) is 0 Å². The summed E-state index contributed by atoms with van der Waals surface area (Å²) in [5.41, 5.74) is 3.32. The van der Waals surface area contributed by atoms with E-state index >= 15 is 0 Å². The predicted molar refractivity (Wildman–Crippen MR) is 93.6 cm³/mol. The van der Waals surface area contributed by atoms with Gasteiger partial charge < -0.3 is 10.4 Å². The van der Waals surface area contributed by atoms with Crippen molar-refractivity contribution >= 4 is 23.6 Å². The second-order valence-corrected chi connectivity index (χ2v) is 6.96. The van der Waals surface area contributed by atoms with Crippen LogP contribution in [0.4, 0.5) is 0 Å². The number of carboxylic acid groups (broad SMARTS) is 1. The Bertz CT molecular complexity index is 792. The number of rotatable bonds is 4. The summed E-state index contributed by atoms with van der Waals surface area (Å²) < 4.78 is 0. The van der Waals surface area contributed by atoms with Gasteiger partial charge in [0.05, 0.1) is 11.3 Å². The summed E-state index contributed by atoms with van der Waals surface area (Å²) in [6.07, 6.45) is 1.06. The topological polar surface area (TPSA) is 79.3 Å². The Morgan fingerprint density at radius 2 is 2.08 bits per heavy atom. The number of fused-ring (bicyclic) bond motifs is 1. The van der Waals surface area contributed by atoms with Crippen LogP contribution in [-0.2, 0) is 6.42 Å². The van der Waals surface area contributed by atoms with E-state index in [9.17, 15) is 9.59 Å². The average molecular weight is 342 g/mol. The number of pyridine rings is 1. The second kappa shape index (κ2) is 7.05. The Balaban J connectivity index is 1.68.